The summed E-state index contributed by atoms with van der Waals surface area (Å²) in [7, 11) is 1.86. The summed E-state index contributed by atoms with van der Waals surface area (Å²) in [6.45, 7) is 0. The van der Waals surface area contributed by atoms with Crippen LogP contribution in [0.15, 0.2) is 28.8 Å². The number of nitrogens with one attached hydrogen (secondary N) is 1. The predicted octanol–water partition coefficient (Wildman–Crippen LogP) is 3.64. The van der Waals surface area contributed by atoms with Gasteiger partial charge >= 0.3 is 0 Å². The van der Waals surface area contributed by atoms with E-state index in [0.717, 1.165) is 35.9 Å². The number of benzene rings is 1. The normalized spacial score (nSPS) is 18.4. The summed E-state index contributed by atoms with van der Waals surface area (Å²) in [4.78, 5) is 0. The largest absolute Gasteiger partial charge is 0.357 e. The lowest BCUT2D eigenvalue weighted by Crippen LogP contribution is -2.12. The molecule has 1 heterocycles. The van der Waals surface area contributed by atoms with Gasteiger partial charge in [0, 0.05) is 17.6 Å². The van der Waals surface area contributed by atoms with Gasteiger partial charge in [0.15, 0.2) is 0 Å². The van der Waals surface area contributed by atoms with Crippen LogP contribution >= 0.6 is 11.6 Å². The topological polar surface area (TPSA) is 38.1 Å². The van der Waals surface area contributed by atoms with Crippen LogP contribution in [0.25, 0.3) is 0 Å². The molecule has 1 unspecified atom stereocenters. The van der Waals surface area contributed by atoms with Gasteiger partial charge in [-0.2, -0.15) is 0 Å². The maximum atomic E-state index is 6.06. The number of hydrogen-bond acceptors (Lipinski definition) is 3. The summed E-state index contributed by atoms with van der Waals surface area (Å²) in [5.74, 6) is 1.31. The second kappa shape index (κ2) is 4.65. The van der Waals surface area contributed by atoms with E-state index in [1.54, 1.807) is 0 Å². The van der Waals surface area contributed by atoms with Crippen molar-refractivity contribution in [2.24, 2.45) is 0 Å². The first kappa shape index (κ1) is 11.6. The lowest BCUT2D eigenvalue weighted by Gasteiger charge is -2.21. The second-order valence-corrected chi connectivity index (χ2v) is 5.12. The Morgan fingerprint density at radius 1 is 1.44 bits per heavy atom. The Balaban J connectivity index is 1.90. The molecule has 0 saturated heterocycles. The molecule has 18 heavy (non-hydrogen) atoms. The third-order valence-corrected chi connectivity index (χ3v) is 3.83. The lowest BCUT2D eigenvalue weighted by molar-refractivity contribution is 0.424. The summed E-state index contributed by atoms with van der Waals surface area (Å²) in [6.07, 6.45) is 3.04. The first-order chi connectivity index (χ1) is 8.78. The fourth-order valence-corrected chi connectivity index (χ4v) is 2.85. The smallest absolute Gasteiger partial charge is 0.227 e. The minimum atomic E-state index is 0.503. The molecular weight excluding hydrogens is 248 g/mol. The van der Waals surface area contributed by atoms with Gasteiger partial charge in [0.25, 0.3) is 0 Å². The summed E-state index contributed by atoms with van der Waals surface area (Å²) < 4.78 is 5.29. The molecule has 3 rings (SSSR count). The van der Waals surface area contributed by atoms with Crippen molar-refractivity contribution in [1.82, 2.24) is 5.16 Å². The fraction of sp³-hybridized carbons (Fsp3) is 0.357. The zero-order valence-corrected chi connectivity index (χ0v) is 11.0. The van der Waals surface area contributed by atoms with Crippen LogP contribution in [-0.2, 0) is 12.8 Å². The van der Waals surface area contributed by atoms with Crippen LogP contribution in [0.5, 0.6) is 0 Å². The Bertz CT molecular complexity index is 551. The molecule has 0 amide bonds. The Morgan fingerprint density at radius 3 is 3.11 bits per heavy atom. The molecule has 2 aromatic rings. The predicted molar refractivity (Wildman–Crippen MR) is 72.3 cm³/mol. The summed E-state index contributed by atoms with van der Waals surface area (Å²) in [6, 6.07) is 8.13. The molecule has 1 atom stereocenters. The molecule has 1 aromatic carbocycles. The minimum Gasteiger partial charge on any atom is -0.357 e. The van der Waals surface area contributed by atoms with Gasteiger partial charge in [0.2, 0.25) is 5.88 Å². The van der Waals surface area contributed by atoms with Crippen molar-refractivity contribution in [2.75, 3.05) is 12.4 Å². The van der Waals surface area contributed by atoms with Gasteiger partial charge in [-0.15, -0.1) is 0 Å². The van der Waals surface area contributed by atoms with Crippen LogP contribution in [0, 0.1) is 0 Å². The average Bonchev–Trinajstić information content (AvgIpc) is 2.80. The van der Waals surface area contributed by atoms with E-state index >= 15 is 0 Å². The van der Waals surface area contributed by atoms with Crippen LogP contribution in [-0.4, -0.2) is 12.2 Å². The Kier molecular flexibility index (Phi) is 3.00. The molecule has 0 fully saturated rings. The molecule has 1 N–H and O–H groups in total. The number of halogens is 1. The van der Waals surface area contributed by atoms with Crippen molar-refractivity contribution in [1.29, 1.82) is 0 Å². The van der Waals surface area contributed by atoms with Crippen LogP contribution in [0.2, 0.25) is 5.02 Å². The first-order valence-corrected chi connectivity index (χ1v) is 6.56. The number of aromatic nitrogens is 1. The van der Waals surface area contributed by atoms with Crippen molar-refractivity contribution in [3.05, 3.63) is 46.1 Å². The Morgan fingerprint density at radius 2 is 2.33 bits per heavy atom. The molecule has 0 saturated carbocycles. The third kappa shape index (κ3) is 1.99. The second-order valence-electron chi connectivity index (χ2n) is 4.68. The van der Waals surface area contributed by atoms with Gasteiger partial charge in [0.05, 0.1) is 5.69 Å². The van der Waals surface area contributed by atoms with E-state index in [9.17, 15) is 0 Å². The SMILES string of the molecule is CNc1onc2c1CC(c1cccc(Cl)c1)CC2. The Labute approximate surface area is 111 Å². The summed E-state index contributed by atoms with van der Waals surface area (Å²) >= 11 is 6.06. The minimum absolute atomic E-state index is 0.503. The van der Waals surface area contributed by atoms with E-state index in [0.29, 0.717) is 5.92 Å². The highest BCUT2D eigenvalue weighted by atomic mass is 35.5. The highest BCUT2D eigenvalue weighted by Gasteiger charge is 2.26. The Hall–Kier alpha value is -1.48. The van der Waals surface area contributed by atoms with Crippen LogP contribution < -0.4 is 5.32 Å². The van der Waals surface area contributed by atoms with Crippen molar-refractivity contribution in [3.63, 3.8) is 0 Å². The van der Waals surface area contributed by atoms with E-state index in [1.807, 2.05) is 19.2 Å². The van der Waals surface area contributed by atoms with Gasteiger partial charge in [-0.25, -0.2) is 0 Å². The van der Waals surface area contributed by atoms with Gasteiger partial charge < -0.3 is 9.84 Å². The van der Waals surface area contributed by atoms with Crippen molar-refractivity contribution >= 4 is 17.5 Å². The van der Waals surface area contributed by atoms with E-state index in [-0.39, 0.29) is 0 Å². The van der Waals surface area contributed by atoms with E-state index in [4.69, 9.17) is 16.1 Å². The quantitative estimate of drug-likeness (QED) is 0.898. The van der Waals surface area contributed by atoms with Crippen LogP contribution in [0.4, 0.5) is 5.88 Å². The number of fused-ring (bicyclic) bond motifs is 1. The van der Waals surface area contributed by atoms with Crippen molar-refractivity contribution in [3.8, 4) is 0 Å². The van der Waals surface area contributed by atoms with Gasteiger partial charge in [0.1, 0.15) is 0 Å². The summed E-state index contributed by atoms with van der Waals surface area (Å²) in [5, 5.41) is 7.98. The van der Waals surface area contributed by atoms with Crippen LogP contribution in [0.3, 0.4) is 0 Å². The molecule has 1 aromatic heterocycles. The molecule has 0 radical (unpaired) electrons. The highest BCUT2D eigenvalue weighted by Crippen LogP contribution is 2.36. The maximum absolute atomic E-state index is 6.06. The molecule has 3 nitrogen and oxygen atoms in total. The van der Waals surface area contributed by atoms with Crippen molar-refractivity contribution < 1.29 is 4.52 Å². The lowest BCUT2D eigenvalue weighted by atomic mass is 9.83. The van der Waals surface area contributed by atoms with Gasteiger partial charge in [-0.3, -0.25) is 0 Å². The number of anilines is 1. The van der Waals surface area contributed by atoms with Crippen molar-refractivity contribution in [2.45, 2.75) is 25.2 Å². The number of nitrogens with zero attached hydrogens (tertiary/aromatic N) is 1. The highest BCUT2D eigenvalue weighted by molar-refractivity contribution is 6.30. The molecule has 0 spiro atoms. The molecule has 1 aliphatic carbocycles. The zero-order chi connectivity index (χ0) is 12.5. The fourth-order valence-electron chi connectivity index (χ4n) is 2.65. The zero-order valence-electron chi connectivity index (χ0n) is 10.2. The molecular formula is C14H15ClN2O. The number of aryl methyl sites for hydroxylation is 1. The van der Waals surface area contributed by atoms with Gasteiger partial charge in [-0.05, 0) is 42.9 Å². The molecule has 94 valence electrons. The number of rotatable bonds is 2. The summed E-state index contributed by atoms with van der Waals surface area (Å²) in [5.41, 5.74) is 3.61. The molecule has 4 heteroatoms. The van der Waals surface area contributed by atoms with E-state index in [1.165, 1.54) is 11.1 Å². The monoisotopic (exact) mass is 262 g/mol. The standard InChI is InChI=1S/C14H15ClN2O/c1-16-14-12-8-10(5-6-13(12)17-18-14)9-3-2-4-11(15)7-9/h2-4,7,10,16H,5-6,8H2,1H3. The first-order valence-electron chi connectivity index (χ1n) is 6.18. The molecule has 0 aliphatic heterocycles. The van der Waals surface area contributed by atoms with E-state index in [2.05, 4.69) is 22.6 Å². The average molecular weight is 263 g/mol. The van der Waals surface area contributed by atoms with Crippen LogP contribution in [0.1, 0.15) is 29.2 Å². The molecule has 1 aliphatic rings. The third-order valence-electron chi connectivity index (χ3n) is 3.60. The molecule has 0 bridgehead atoms. The maximum Gasteiger partial charge on any atom is 0.227 e. The van der Waals surface area contributed by atoms with Gasteiger partial charge in [-0.1, -0.05) is 28.9 Å². The number of hydrogen-bond donors (Lipinski definition) is 1. The van der Waals surface area contributed by atoms with E-state index < -0.39 is 0 Å².